The van der Waals surface area contributed by atoms with Crippen molar-refractivity contribution in [3.63, 3.8) is 0 Å². The van der Waals surface area contributed by atoms with E-state index < -0.39 is 5.97 Å². The van der Waals surface area contributed by atoms with Crippen LogP contribution in [0.15, 0.2) is 42.5 Å². The topological polar surface area (TPSA) is 72.5 Å². The summed E-state index contributed by atoms with van der Waals surface area (Å²) in [4.78, 5) is 11.8. The lowest BCUT2D eigenvalue weighted by Crippen LogP contribution is -2.06. The molecular formula is C14H12ClNO3. The molecule has 0 unspecified atom stereocenters. The van der Waals surface area contributed by atoms with Gasteiger partial charge in [-0.3, -0.25) is 0 Å². The van der Waals surface area contributed by atoms with E-state index in [4.69, 9.17) is 22.1 Å². The van der Waals surface area contributed by atoms with E-state index in [9.17, 15) is 9.90 Å². The Morgan fingerprint density at radius 1 is 1.21 bits per heavy atom. The van der Waals surface area contributed by atoms with Gasteiger partial charge in [0.25, 0.3) is 0 Å². The third-order valence-corrected chi connectivity index (χ3v) is 2.78. The number of esters is 1. The molecule has 0 bridgehead atoms. The van der Waals surface area contributed by atoms with Gasteiger partial charge in [0.1, 0.15) is 17.9 Å². The smallest absolute Gasteiger partial charge is 0.342 e. The number of rotatable bonds is 3. The zero-order valence-corrected chi connectivity index (χ0v) is 10.7. The lowest BCUT2D eigenvalue weighted by molar-refractivity contribution is 0.0469. The van der Waals surface area contributed by atoms with Crippen molar-refractivity contribution in [2.75, 3.05) is 5.73 Å². The molecule has 0 aliphatic carbocycles. The van der Waals surface area contributed by atoms with Crippen LogP contribution in [0.2, 0.25) is 5.02 Å². The summed E-state index contributed by atoms with van der Waals surface area (Å²) in [7, 11) is 0. The molecule has 2 aromatic rings. The van der Waals surface area contributed by atoms with E-state index in [0.717, 1.165) is 5.56 Å². The number of hydrogen-bond acceptors (Lipinski definition) is 4. The molecule has 0 radical (unpaired) electrons. The lowest BCUT2D eigenvalue weighted by Gasteiger charge is -2.07. The van der Waals surface area contributed by atoms with Crippen molar-refractivity contribution in [1.82, 2.24) is 0 Å². The summed E-state index contributed by atoms with van der Waals surface area (Å²) in [5.41, 5.74) is 6.80. The second kappa shape index (κ2) is 5.63. The van der Waals surface area contributed by atoms with E-state index in [1.807, 2.05) is 0 Å². The number of ether oxygens (including phenoxy) is 1. The fourth-order valence-electron chi connectivity index (χ4n) is 1.52. The van der Waals surface area contributed by atoms with Crippen molar-refractivity contribution in [3.05, 3.63) is 58.6 Å². The van der Waals surface area contributed by atoms with Gasteiger partial charge in [-0.25, -0.2) is 4.79 Å². The SMILES string of the molecule is Nc1ccc(O)c(C(=O)OCc2ccc(Cl)cc2)c1. The van der Waals surface area contributed by atoms with Crippen LogP contribution in [0.25, 0.3) is 0 Å². The van der Waals surface area contributed by atoms with Crippen LogP contribution in [0.1, 0.15) is 15.9 Å². The monoisotopic (exact) mass is 277 g/mol. The first-order chi connectivity index (χ1) is 9.06. The first kappa shape index (κ1) is 13.2. The highest BCUT2D eigenvalue weighted by Gasteiger charge is 2.13. The minimum atomic E-state index is -0.625. The number of anilines is 1. The van der Waals surface area contributed by atoms with Gasteiger partial charge in [0.05, 0.1) is 0 Å². The van der Waals surface area contributed by atoms with Gasteiger partial charge < -0.3 is 15.6 Å². The highest BCUT2D eigenvalue weighted by atomic mass is 35.5. The van der Waals surface area contributed by atoms with Crippen LogP contribution in [0.4, 0.5) is 5.69 Å². The highest BCUT2D eigenvalue weighted by Crippen LogP contribution is 2.21. The molecule has 0 atom stereocenters. The number of halogens is 1. The molecule has 0 spiro atoms. The molecule has 3 N–H and O–H groups in total. The molecule has 0 heterocycles. The molecule has 0 amide bonds. The Bertz CT molecular complexity index is 596. The third-order valence-electron chi connectivity index (χ3n) is 2.52. The summed E-state index contributed by atoms with van der Waals surface area (Å²) in [5, 5.41) is 10.2. The van der Waals surface area contributed by atoms with E-state index in [0.29, 0.717) is 10.7 Å². The summed E-state index contributed by atoms with van der Waals surface area (Å²) >= 11 is 5.75. The van der Waals surface area contributed by atoms with Gasteiger partial charge in [-0.05, 0) is 35.9 Å². The number of hydrogen-bond donors (Lipinski definition) is 2. The van der Waals surface area contributed by atoms with Gasteiger partial charge in [0.2, 0.25) is 0 Å². The number of phenols is 1. The van der Waals surface area contributed by atoms with E-state index in [2.05, 4.69) is 0 Å². The Kier molecular flexibility index (Phi) is 3.92. The van der Waals surface area contributed by atoms with Crippen LogP contribution < -0.4 is 5.73 Å². The zero-order chi connectivity index (χ0) is 13.8. The Labute approximate surface area is 115 Å². The summed E-state index contributed by atoms with van der Waals surface area (Å²) in [5.74, 6) is -0.782. The Hall–Kier alpha value is -2.20. The molecule has 0 aliphatic heterocycles. The number of nitrogen functional groups attached to an aromatic ring is 1. The van der Waals surface area contributed by atoms with Crippen LogP contribution in [0.5, 0.6) is 5.75 Å². The largest absolute Gasteiger partial charge is 0.507 e. The van der Waals surface area contributed by atoms with Gasteiger partial charge in [-0.15, -0.1) is 0 Å². The molecule has 0 aromatic heterocycles. The van der Waals surface area contributed by atoms with Crippen molar-refractivity contribution in [1.29, 1.82) is 0 Å². The Morgan fingerprint density at radius 3 is 2.58 bits per heavy atom. The van der Waals surface area contributed by atoms with Gasteiger partial charge in [-0.2, -0.15) is 0 Å². The first-order valence-electron chi connectivity index (χ1n) is 5.56. The fourth-order valence-corrected chi connectivity index (χ4v) is 1.65. The fraction of sp³-hybridized carbons (Fsp3) is 0.0714. The van der Waals surface area contributed by atoms with Gasteiger partial charge >= 0.3 is 5.97 Å². The number of carbonyl (C=O) groups is 1. The molecular weight excluding hydrogens is 266 g/mol. The predicted octanol–water partition coefficient (Wildman–Crippen LogP) is 2.98. The lowest BCUT2D eigenvalue weighted by atomic mass is 10.2. The maximum absolute atomic E-state index is 11.8. The zero-order valence-electron chi connectivity index (χ0n) is 9.97. The first-order valence-corrected chi connectivity index (χ1v) is 5.94. The molecule has 5 heteroatoms. The second-order valence-corrected chi connectivity index (χ2v) is 4.42. The van der Waals surface area contributed by atoms with Crippen LogP contribution in [0, 0.1) is 0 Å². The number of phenolic OH excluding ortho intramolecular Hbond substituents is 1. The van der Waals surface area contributed by atoms with Crippen LogP contribution in [0.3, 0.4) is 0 Å². The summed E-state index contributed by atoms with van der Waals surface area (Å²) in [6, 6.07) is 11.2. The molecule has 0 saturated carbocycles. The van der Waals surface area contributed by atoms with Gasteiger partial charge in [0.15, 0.2) is 0 Å². The van der Waals surface area contributed by atoms with E-state index in [1.54, 1.807) is 24.3 Å². The molecule has 0 aliphatic rings. The van der Waals surface area contributed by atoms with E-state index in [1.165, 1.54) is 18.2 Å². The average Bonchev–Trinajstić information content (AvgIpc) is 2.40. The normalized spacial score (nSPS) is 10.2. The number of aromatic hydroxyl groups is 1. The van der Waals surface area contributed by atoms with E-state index in [-0.39, 0.29) is 17.9 Å². The van der Waals surface area contributed by atoms with Gasteiger partial charge in [-0.1, -0.05) is 23.7 Å². The quantitative estimate of drug-likeness (QED) is 0.514. The van der Waals surface area contributed by atoms with Crippen molar-refractivity contribution in [2.24, 2.45) is 0 Å². The van der Waals surface area contributed by atoms with Crippen molar-refractivity contribution in [2.45, 2.75) is 6.61 Å². The standard InChI is InChI=1S/C14H12ClNO3/c15-10-3-1-9(2-4-10)8-19-14(18)12-7-11(16)5-6-13(12)17/h1-7,17H,8,16H2. The highest BCUT2D eigenvalue weighted by molar-refractivity contribution is 6.30. The molecule has 2 rings (SSSR count). The van der Waals surface area contributed by atoms with E-state index >= 15 is 0 Å². The third kappa shape index (κ3) is 3.39. The van der Waals surface area contributed by atoms with Crippen molar-refractivity contribution >= 4 is 23.3 Å². The maximum atomic E-state index is 11.8. The summed E-state index contributed by atoms with van der Waals surface area (Å²) in [6.07, 6.45) is 0. The molecule has 0 saturated heterocycles. The minimum Gasteiger partial charge on any atom is -0.507 e. The number of benzene rings is 2. The van der Waals surface area contributed by atoms with Gasteiger partial charge in [0, 0.05) is 10.7 Å². The number of nitrogens with two attached hydrogens (primary N) is 1. The second-order valence-electron chi connectivity index (χ2n) is 3.98. The molecule has 4 nitrogen and oxygen atoms in total. The van der Waals surface area contributed by atoms with Crippen molar-refractivity contribution in [3.8, 4) is 5.75 Å². The molecule has 98 valence electrons. The summed E-state index contributed by atoms with van der Waals surface area (Å²) in [6.45, 7) is 0.101. The Balaban J connectivity index is 2.05. The number of carbonyl (C=O) groups excluding carboxylic acids is 1. The van der Waals surface area contributed by atoms with Crippen LogP contribution in [-0.2, 0) is 11.3 Å². The van der Waals surface area contributed by atoms with Crippen molar-refractivity contribution < 1.29 is 14.6 Å². The molecule has 19 heavy (non-hydrogen) atoms. The molecule has 2 aromatic carbocycles. The minimum absolute atomic E-state index is 0.0500. The average molecular weight is 278 g/mol. The van der Waals surface area contributed by atoms with Crippen LogP contribution in [-0.4, -0.2) is 11.1 Å². The molecule has 0 fully saturated rings. The summed E-state index contributed by atoms with van der Waals surface area (Å²) < 4.78 is 5.09. The predicted molar refractivity (Wildman–Crippen MR) is 73.1 cm³/mol. The maximum Gasteiger partial charge on any atom is 0.342 e. The van der Waals surface area contributed by atoms with Crippen LogP contribution >= 0.6 is 11.6 Å². The Morgan fingerprint density at radius 2 is 1.89 bits per heavy atom.